The minimum atomic E-state index is -2.42. The van der Waals surface area contributed by atoms with Crippen LogP contribution in [-0.4, -0.2) is 18.0 Å². The number of hydrogen-bond donors (Lipinski definition) is 0. The van der Waals surface area contributed by atoms with Crippen molar-refractivity contribution in [3.05, 3.63) is 174 Å². The van der Waals surface area contributed by atoms with Crippen molar-refractivity contribution in [1.82, 2.24) is 9.97 Å². The molecule has 0 amide bonds. The van der Waals surface area contributed by atoms with Gasteiger partial charge in [0.15, 0.2) is 0 Å². The Balaban J connectivity index is 0.000000207. The smallest absolute Gasteiger partial charge is 0.0767 e. The molecule has 0 spiro atoms. The summed E-state index contributed by atoms with van der Waals surface area (Å²) >= 11 is 1.70. The number of nitrogens with zero attached hydrogens (tertiary/aromatic N) is 2. The number of fused-ring (bicyclic) bond motifs is 3. The minimum absolute atomic E-state index is 0. The van der Waals surface area contributed by atoms with Crippen LogP contribution in [0.5, 0.6) is 0 Å². The molecular formula is C49H46IrN2SSi-2. The molecule has 8 rings (SSSR count). The molecule has 0 aliphatic heterocycles. The molecule has 0 saturated carbocycles. The van der Waals surface area contributed by atoms with Gasteiger partial charge in [0, 0.05) is 49.5 Å². The van der Waals surface area contributed by atoms with Gasteiger partial charge in [0.1, 0.15) is 0 Å². The van der Waals surface area contributed by atoms with E-state index in [-0.39, 0.29) is 31.2 Å². The predicted molar refractivity (Wildman–Crippen MR) is 231 cm³/mol. The molecule has 8 aromatic rings. The fraction of sp³-hybridized carbons (Fsp3) is 0.184. The van der Waals surface area contributed by atoms with Crippen molar-refractivity contribution >= 4 is 44.8 Å². The van der Waals surface area contributed by atoms with E-state index < -0.39 is 34.0 Å². The molecule has 0 bridgehead atoms. The third-order valence-corrected chi connectivity index (χ3v) is 12.3. The van der Waals surface area contributed by atoms with Crippen LogP contribution in [0.25, 0.3) is 53.8 Å². The summed E-state index contributed by atoms with van der Waals surface area (Å²) < 4.78 is 74.2. The predicted octanol–water partition coefficient (Wildman–Crippen LogP) is 13.0. The summed E-state index contributed by atoms with van der Waals surface area (Å²) in [5.41, 5.74) is 6.58. The van der Waals surface area contributed by atoms with Gasteiger partial charge in [-0.05, 0) is 82.3 Å². The molecule has 3 aromatic heterocycles. The first-order valence-corrected chi connectivity index (χ1v) is 21.9. The van der Waals surface area contributed by atoms with E-state index in [0.29, 0.717) is 33.5 Å². The first-order valence-electron chi connectivity index (χ1n) is 22.1. The molecule has 5 aromatic carbocycles. The Bertz CT molecular complexity index is 2870. The molecule has 5 heteroatoms. The van der Waals surface area contributed by atoms with Crippen LogP contribution in [0.3, 0.4) is 0 Å². The number of aromatic nitrogens is 2. The van der Waals surface area contributed by atoms with Crippen LogP contribution in [0.15, 0.2) is 134 Å². The van der Waals surface area contributed by atoms with Gasteiger partial charge in [-0.25, -0.2) is 0 Å². The van der Waals surface area contributed by atoms with Crippen molar-refractivity contribution in [2.24, 2.45) is 0 Å². The minimum Gasteiger partial charge on any atom is -0.305 e. The normalized spacial score (nSPS) is 14.7. The summed E-state index contributed by atoms with van der Waals surface area (Å²) in [5.74, 6) is -0.780. The van der Waals surface area contributed by atoms with Crippen molar-refractivity contribution in [3.8, 4) is 33.6 Å². The maximum Gasteiger partial charge on any atom is 0.0767 e. The van der Waals surface area contributed by atoms with E-state index in [1.165, 1.54) is 28.8 Å². The second-order valence-electron chi connectivity index (χ2n) is 14.3. The van der Waals surface area contributed by atoms with E-state index in [1.54, 1.807) is 55.6 Å². The van der Waals surface area contributed by atoms with Gasteiger partial charge in [0.2, 0.25) is 0 Å². The standard InChI is InChI=1S/C27H24NSSi.C22H22N.Ir/c1-30(2,3)21-14-15-28-25(18-21)24-11-7-10-23-22-13-12-20(17-26(22)29-27(23)24)16-19-8-5-4-6-9-19;1-15(2)18-8-9-23-22(14-18)20-7-5-6-19(13-20)21-11-16(3)10-17(4)12-21;/h4-10,12-15,17-18H,16H2,1-3H3;5-6,8-15H,1-4H3;/q2*-1;/i16D2;3D3,4D3,15D;. The number of benzene rings is 5. The largest absolute Gasteiger partial charge is 0.305 e. The Morgan fingerprint density at radius 1 is 0.722 bits per heavy atom. The fourth-order valence-electron chi connectivity index (χ4n) is 6.21. The fourth-order valence-corrected chi connectivity index (χ4v) is 8.60. The first kappa shape index (κ1) is 28.9. The van der Waals surface area contributed by atoms with Gasteiger partial charge in [-0.1, -0.05) is 134 Å². The van der Waals surface area contributed by atoms with Gasteiger partial charge in [0.05, 0.1) is 8.07 Å². The van der Waals surface area contributed by atoms with Gasteiger partial charge < -0.3 is 9.97 Å². The van der Waals surface area contributed by atoms with Crippen LogP contribution < -0.4 is 5.19 Å². The van der Waals surface area contributed by atoms with Crippen molar-refractivity contribution in [1.29, 1.82) is 0 Å². The quantitative estimate of drug-likeness (QED) is 0.118. The van der Waals surface area contributed by atoms with Crippen LogP contribution in [-0.2, 0) is 26.5 Å². The topological polar surface area (TPSA) is 25.8 Å². The van der Waals surface area contributed by atoms with Crippen molar-refractivity contribution in [3.63, 3.8) is 0 Å². The average Bonchev–Trinajstić information content (AvgIpc) is 3.61. The SMILES string of the molecule is [2H]C([2H])([2H])c1cc(-c2cc[c-]c(-c3cc(C([2H])(C)C)ccn3)c2)cc(C([2H])([2H])[2H])c1.[2H]C([2H])(c1ccccc1)c1ccc2c(c1)sc1c(-c3cc([Si](C)(C)C)ccn3)[c-]ccc12.[Ir]. The number of rotatable bonds is 7. The number of hydrogen-bond acceptors (Lipinski definition) is 3. The molecule has 0 fully saturated rings. The third-order valence-electron chi connectivity index (χ3n) is 9.06. The van der Waals surface area contributed by atoms with Gasteiger partial charge in [-0.15, -0.1) is 59.2 Å². The van der Waals surface area contributed by atoms with E-state index in [1.807, 2.05) is 60.8 Å². The van der Waals surface area contributed by atoms with Crippen LogP contribution in [0.2, 0.25) is 19.6 Å². The maximum atomic E-state index is 8.74. The van der Waals surface area contributed by atoms with E-state index in [0.717, 1.165) is 31.6 Å². The zero-order chi connectivity index (χ0) is 44.8. The van der Waals surface area contributed by atoms with Crippen LogP contribution in [0.1, 0.15) is 59.9 Å². The second kappa shape index (κ2) is 16.9. The Hall–Kier alpha value is -4.51. The molecule has 3 heterocycles. The average molecular weight is 924 g/mol. The number of aryl methyl sites for hydroxylation is 2. The maximum absolute atomic E-state index is 8.74. The zero-order valence-electron chi connectivity index (χ0n) is 39.8. The van der Waals surface area contributed by atoms with Gasteiger partial charge in [-0.3, -0.25) is 0 Å². The zero-order valence-corrected chi connectivity index (χ0v) is 35.0. The summed E-state index contributed by atoms with van der Waals surface area (Å²) in [4.78, 5) is 9.05. The van der Waals surface area contributed by atoms with E-state index in [4.69, 9.17) is 12.3 Å². The molecule has 0 aliphatic rings. The molecule has 0 aliphatic carbocycles. The van der Waals surface area contributed by atoms with E-state index in [9.17, 15) is 0 Å². The van der Waals surface area contributed by atoms with Crippen LogP contribution in [0, 0.1) is 25.8 Å². The van der Waals surface area contributed by atoms with Gasteiger partial charge >= 0.3 is 0 Å². The molecule has 0 unspecified atom stereocenters. The van der Waals surface area contributed by atoms with Crippen molar-refractivity contribution in [2.75, 3.05) is 0 Å². The Labute approximate surface area is 352 Å². The molecule has 0 saturated heterocycles. The summed E-state index contributed by atoms with van der Waals surface area (Å²) in [7, 11) is -1.45. The van der Waals surface area contributed by atoms with E-state index in [2.05, 4.69) is 66.0 Å². The Morgan fingerprint density at radius 3 is 2.20 bits per heavy atom. The third kappa shape index (κ3) is 9.05. The molecule has 273 valence electrons. The number of thiophene rings is 1. The molecule has 0 N–H and O–H groups in total. The van der Waals surface area contributed by atoms with E-state index >= 15 is 0 Å². The van der Waals surface area contributed by atoms with Crippen molar-refractivity contribution in [2.45, 2.75) is 59.5 Å². The summed E-state index contributed by atoms with van der Waals surface area (Å²) in [6.07, 6.45) is 2.01. The molecule has 0 atom stereocenters. The van der Waals surface area contributed by atoms with Crippen LogP contribution >= 0.6 is 11.3 Å². The molecule has 1 radical (unpaired) electrons. The van der Waals surface area contributed by atoms with Crippen LogP contribution in [0.4, 0.5) is 0 Å². The second-order valence-corrected chi connectivity index (χ2v) is 20.4. The Morgan fingerprint density at radius 2 is 1.46 bits per heavy atom. The van der Waals surface area contributed by atoms with Crippen molar-refractivity contribution < 1.29 is 32.4 Å². The first-order chi connectivity index (χ1) is 29.0. The summed E-state index contributed by atoms with van der Waals surface area (Å²) in [6.45, 7) is 5.78. The molecule has 54 heavy (non-hydrogen) atoms. The Kier molecular flexibility index (Phi) is 9.02. The summed E-state index contributed by atoms with van der Waals surface area (Å²) in [5, 5.41) is 3.70. The monoisotopic (exact) mass is 924 g/mol. The molecular weight excluding hydrogens is 869 g/mol. The summed E-state index contributed by atoms with van der Waals surface area (Å²) in [6, 6.07) is 43.4. The number of pyridine rings is 2. The molecule has 2 nitrogen and oxygen atoms in total. The van der Waals surface area contributed by atoms with Gasteiger partial charge in [0.25, 0.3) is 0 Å². The van der Waals surface area contributed by atoms with Gasteiger partial charge in [-0.2, -0.15) is 11.3 Å².